The molecule has 0 saturated carbocycles. The summed E-state index contributed by atoms with van der Waals surface area (Å²) in [6.07, 6.45) is 1.12. The highest BCUT2D eigenvalue weighted by Gasteiger charge is 2.25. The van der Waals surface area contributed by atoms with Gasteiger partial charge in [-0.25, -0.2) is 0 Å². The van der Waals surface area contributed by atoms with Gasteiger partial charge in [0.15, 0.2) is 0 Å². The van der Waals surface area contributed by atoms with Gasteiger partial charge in [0.1, 0.15) is 0 Å². The number of hydrogen-bond acceptors (Lipinski definition) is 3. The fourth-order valence-corrected chi connectivity index (χ4v) is 1.86. The zero-order valence-corrected chi connectivity index (χ0v) is 9.05. The molecule has 0 aromatic carbocycles. The summed E-state index contributed by atoms with van der Waals surface area (Å²) < 4.78 is 5.72. The molecule has 0 radical (unpaired) electrons. The number of hydrogen-bond donors (Lipinski definition) is 1. The van der Waals surface area contributed by atoms with E-state index in [9.17, 15) is 0 Å². The topological polar surface area (TPSA) is 38.5 Å². The maximum atomic E-state index is 5.78. The van der Waals surface area contributed by atoms with Crippen LogP contribution in [0.2, 0.25) is 0 Å². The van der Waals surface area contributed by atoms with E-state index < -0.39 is 0 Å². The minimum Gasteiger partial charge on any atom is -0.374 e. The molecule has 0 bridgehead atoms. The van der Waals surface area contributed by atoms with Crippen molar-refractivity contribution in [1.29, 1.82) is 0 Å². The Bertz CT molecular complexity index is 157. The van der Waals surface area contributed by atoms with Crippen LogP contribution in [-0.4, -0.2) is 42.8 Å². The second kappa shape index (κ2) is 4.40. The van der Waals surface area contributed by atoms with Gasteiger partial charge in [0, 0.05) is 32.3 Å². The molecule has 1 aliphatic heterocycles. The Kier molecular flexibility index (Phi) is 3.71. The lowest BCUT2D eigenvalue weighted by Crippen LogP contribution is -2.43. The molecule has 0 aromatic rings. The largest absolute Gasteiger partial charge is 0.374 e. The molecule has 3 heteroatoms. The summed E-state index contributed by atoms with van der Waals surface area (Å²) in [5.74, 6) is 0. The Morgan fingerprint density at radius 3 is 2.85 bits per heavy atom. The minimum atomic E-state index is -0.00854. The molecule has 1 heterocycles. The molecular formula is C10H22N2O. The third kappa shape index (κ3) is 4.07. The first kappa shape index (κ1) is 11.0. The maximum absolute atomic E-state index is 5.78. The molecule has 13 heavy (non-hydrogen) atoms. The molecule has 0 aliphatic carbocycles. The fourth-order valence-electron chi connectivity index (χ4n) is 1.86. The predicted molar refractivity (Wildman–Crippen MR) is 54.7 cm³/mol. The second-order valence-electron chi connectivity index (χ2n) is 4.67. The van der Waals surface area contributed by atoms with Gasteiger partial charge in [-0.05, 0) is 27.2 Å². The highest BCUT2D eigenvalue weighted by Crippen LogP contribution is 2.15. The summed E-state index contributed by atoms with van der Waals surface area (Å²) in [7, 11) is 0. The van der Waals surface area contributed by atoms with Gasteiger partial charge in [0.25, 0.3) is 0 Å². The van der Waals surface area contributed by atoms with E-state index in [1.54, 1.807) is 0 Å². The van der Waals surface area contributed by atoms with E-state index in [2.05, 4.69) is 25.7 Å². The molecule has 1 fully saturated rings. The van der Waals surface area contributed by atoms with Crippen molar-refractivity contribution in [1.82, 2.24) is 4.90 Å². The van der Waals surface area contributed by atoms with E-state index in [1.165, 1.54) is 0 Å². The first-order chi connectivity index (χ1) is 5.99. The smallest absolute Gasteiger partial charge is 0.0752 e. The Balaban J connectivity index is 2.45. The van der Waals surface area contributed by atoms with Crippen molar-refractivity contribution in [2.75, 3.05) is 26.2 Å². The van der Waals surface area contributed by atoms with Crippen molar-refractivity contribution in [3.8, 4) is 0 Å². The Morgan fingerprint density at radius 1 is 1.54 bits per heavy atom. The summed E-state index contributed by atoms with van der Waals surface area (Å²) in [6.45, 7) is 10.3. The van der Waals surface area contributed by atoms with E-state index in [4.69, 9.17) is 10.5 Å². The van der Waals surface area contributed by atoms with Crippen LogP contribution in [-0.2, 0) is 4.74 Å². The maximum Gasteiger partial charge on any atom is 0.0752 e. The van der Waals surface area contributed by atoms with Crippen molar-refractivity contribution in [3.05, 3.63) is 0 Å². The van der Waals surface area contributed by atoms with Gasteiger partial charge in [0.05, 0.1) is 5.60 Å². The summed E-state index contributed by atoms with van der Waals surface area (Å²) in [4.78, 5) is 2.40. The van der Waals surface area contributed by atoms with E-state index in [0.29, 0.717) is 0 Å². The number of nitrogens with two attached hydrogens (primary N) is 1. The predicted octanol–water partition coefficient (Wildman–Crippen LogP) is 0.834. The molecule has 0 unspecified atom stereocenters. The van der Waals surface area contributed by atoms with Crippen molar-refractivity contribution >= 4 is 0 Å². The Morgan fingerprint density at radius 2 is 2.23 bits per heavy atom. The molecule has 0 aromatic heterocycles. The molecule has 1 saturated heterocycles. The number of ether oxygens (including phenoxy) is 1. The molecule has 0 amide bonds. The normalized spacial score (nSPS) is 26.8. The average Bonchev–Trinajstić information content (AvgIpc) is 2.09. The van der Waals surface area contributed by atoms with Gasteiger partial charge in [0.2, 0.25) is 0 Å². The van der Waals surface area contributed by atoms with E-state index >= 15 is 0 Å². The Labute approximate surface area is 81.2 Å². The molecule has 1 atom stereocenters. The highest BCUT2D eigenvalue weighted by molar-refractivity contribution is 4.78. The molecule has 1 aliphatic rings. The average molecular weight is 186 g/mol. The lowest BCUT2D eigenvalue weighted by Gasteiger charge is -2.29. The summed E-state index contributed by atoms with van der Waals surface area (Å²) in [6, 6.07) is 0.258. The van der Waals surface area contributed by atoms with E-state index in [0.717, 1.165) is 32.7 Å². The van der Waals surface area contributed by atoms with Crippen molar-refractivity contribution in [3.63, 3.8) is 0 Å². The van der Waals surface area contributed by atoms with Crippen LogP contribution in [0.3, 0.4) is 0 Å². The van der Waals surface area contributed by atoms with Gasteiger partial charge in [-0.3, -0.25) is 4.90 Å². The SMILES string of the molecule is C[C@@H](N)CN1CCCOC(C)(C)C1. The van der Waals surface area contributed by atoms with Crippen LogP contribution in [0.15, 0.2) is 0 Å². The lowest BCUT2D eigenvalue weighted by atomic mass is 10.1. The second-order valence-corrected chi connectivity index (χ2v) is 4.67. The zero-order valence-electron chi connectivity index (χ0n) is 9.05. The lowest BCUT2D eigenvalue weighted by molar-refractivity contribution is -0.0175. The third-order valence-electron chi connectivity index (χ3n) is 2.26. The molecule has 2 N–H and O–H groups in total. The van der Waals surface area contributed by atoms with Crippen LogP contribution in [0.5, 0.6) is 0 Å². The fraction of sp³-hybridized carbons (Fsp3) is 1.00. The number of rotatable bonds is 2. The van der Waals surface area contributed by atoms with E-state index in [-0.39, 0.29) is 11.6 Å². The highest BCUT2D eigenvalue weighted by atomic mass is 16.5. The first-order valence-corrected chi connectivity index (χ1v) is 5.11. The third-order valence-corrected chi connectivity index (χ3v) is 2.26. The molecule has 3 nitrogen and oxygen atoms in total. The van der Waals surface area contributed by atoms with Crippen LogP contribution in [0.1, 0.15) is 27.2 Å². The molecule has 1 rings (SSSR count). The van der Waals surface area contributed by atoms with E-state index in [1.807, 2.05) is 0 Å². The minimum absolute atomic E-state index is 0.00854. The molecular weight excluding hydrogens is 164 g/mol. The van der Waals surface area contributed by atoms with Gasteiger partial charge in [-0.15, -0.1) is 0 Å². The van der Waals surface area contributed by atoms with Crippen molar-refractivity contribution in [2.45, 2.75) is 38.8 Å². The van der Waals surface area contributed by atoms with Crippen molar-refractivity contribution in [2.24, 2.45) is 5.73 Å². The van der Waals surface area contributed by atoms with Gasteiger partial charge >= 0.3 is 0 Å². The zero-order chi connectivity index (χ0) is 9.90. The van der Waals surface area contributed by atoms with Gasteiger partial charge in [-0.1, -0.05) is 0 Å². The van der Waals surface area contributed by atoms with Crippen LogP contribution < -0.4 is 5.73 Å². The van der Waals surface area contributed by atoms with Crippen LogP contribution >= 0.6 is 0 Å². The summed E-state index contributed by atoms with van der Waals surface area (Å²) >= 11 is 0. The quantitative estimate of drug-likeness (QED) is 0.694. The molecule has 78 valence electrons. The standard InChI is InChI=1S/C10H22N2O/c1-9(11)7-12-5-4-6-13-10(2,3)8-12/h9H,4-8,11H2,1-3H3/t9-/m1/s1. The summed E-state index contributed by atoms with van der Waals surface area (Å²) in [5, 5.41) is 0. The van der Waals surface area contributed by atoms with Gasteiger partial charge in [-0.2, -0.15) is 0 Å². The molecule has 0 spiro atoms. The summed E-state index contributed by atoms with van der Waals surface area (Å²) in [5.41, 5.74) is 5.77. The first-order valence-electron chi connectivity index (χ1n) is 5.11. The number of nitrogens with zero attached hydrogens (tertiary/aromatic N) is 1. The van der Waals surface area contributed by atoms with Gasteiger partial charge < -0.3 is 10.5 Å². The van der Waals surface area contributed by atoms with Crippen LogP contribution in [0.4, 0.5) is 0 Å². The van der Waals surface area contributed by atoms with Crippen LogP contribution in [0.25, 0.3) is 0 Å². The Hall–Kier alpha value is -0.120. The van der Waals surface area contributed by atoms with Crippen molar-refractivity contribution < 1.29 is 4.74 Å². The monoisotopic (exact) mass is 186 g/mol. The van der Waals surface area contributed by atoms with Crippen LogP contribution in [0, 0.1) is 0 Å².